The fourth-order valence-corrected chi connectivity index (χ4v) is 3.07. The summed E-state index contributed by atoms with van der Waals surface area (Å²) in [5.74, 6) is 2.24. The van der Waals surface area contributed by atoms with Crippen LogP contribution in [-0.4, -0.2) is 12.1 Å². The van der Waals surface area contributed by atoms with E-state index in [1.165, 1.54) is 17.5 Å². The number of hydrogen-bond acceptors (Lipinski definition) is 2. The Labute approximate surface area is 111 Å². The van der Waals surface area contributed by atoms with E-state index in [0.29, 0.717) is 11.8 Å². The Kier molecular flexibility index (Phi) is 3.96. The lowest BCUT2D eigenvalue weighted by molar-refractivity contribution is 0.0620. The van der Waals surface area contributed by atoms with Gasteiger partial charge >= 0.3 is 0 Å². The molecule has 0 spiro atoms. The van der Waals surface area contributed by atoms with Gasteiger partial charge in [0.05, 0.1) is 0 Å². The van der Waals surface area contributed by atoms with Crippen molar-refractivity contribution in [3.8, 4) is 5.75 Å². The van der Waals surface area contributed by atoms with E-state index in [9.17, 15) is 0 Å². The summed E-state index contributed by atoms with van der Waals surface area (Å²) in [6, 6.07) is 6.51. The van der Waals surface area contributed by atoms with Crippen molar-refractivity contribution >= 4 is 0 Å². The summed E-state index contributed by atoms with van der Waals surface area (Å²) < 4.78 is 6.21. The third kappa shape index (κ3) is 2.86. The van der Waals surface area contributed by atoms with Gasteiger partial charge in [0.25, 0.3) is 0 Å². The summed E-state index contributed by atoms with van der Waals surface area (Å²) in [5, 5.41) is 0. The first-order valence-corrected chi connectivity index (χ1v) is 6.97. The van der Waals surface area contributed by atoms with E-state index in [1.54, 1.807) is 0 Å². The van der Waals surface area contributed by atoms with Gasteiger partial charge in [-0.15, -0.1) is 0 Å². The highest BCUT2D eigenvalue weighted by molar-refractivity contribution is 5.36. The Bertz CT molecular complexity index is 404. The van der Waals surface area contributed by atoms with Crippen molar-refractivity contribution in [3.05, 3.63) is 29.3 Å². The maximum Gasteiger partial charge on any atom is 0.122 e. The van der Waals surface area contributed by atoms with Crippen LogP contribution in [0.25, 0.3) is 0 Å². The summed E-state index contributed by atoms with van der Waals surface area (Å²) in [6.45, 7) is 8.73. The third-order valence-corrected chi connectivity index (χ3v) is 4.04. The van der Waals surface area contributed by atoms with Crippen molar-refractivity contribution in [3.63, 3.8) is 0 Å². The van der Waals surface area contributed by atoms with Crippen LogP contribution in [0, 0.1) is 25.7 Å². The SMILES string of the molecule is Cc1ccc(C)c(OC2C(C)CC(C)CC2N)c1. The van der Waals surface area contributed by atoms with Crippen LogP contribution in [0.3, 0.4) is 0 Å². The van der Waals surface area contributed by atoms with Gasteiger partial charge in [-0.3, -0.25) is 0 Å². The van der Waals surface area contributed by atoms with Gasteiger partial charge in [-0.25, -0.2) is 0 Å². The average molecular weight is 247 g/mol. The molecular formula is C16H25NO. The summed E-state index contributed by atoms with van der Waals surface area (Å²) in [4.78, 5) is 0. The first kappa shape index (κ1) is 13.4. The molecule has 1 aromatic rings. The summed E-state index contributed by atoms with van der Waals surface area (Å²) in [5.41, 5.74) is 8.70. The predicted octanol–water partition coefficient (Wildman–Crippen LogP) is 3.44. The van der Waals surface area contributed by atoms with E-state index < -0.39 is 0 Å². The largest absolute Gasteiger partial charge is 0.488 e. The molecule has 2 heteroatoms. The molecular weight excluding hydrogens is 222 g/mol. The minimum atomic E-state index is 0.154. The smallest absolute Gasteiger partial charge is 0.122 e. The number of nitrogens with two attached hydrogens (primary N) is 1. The molecule has 0 amide bonds. The fourth-order valence-electron chi connectivity index (χ4n) is 3.07. The second-order valence-corrected chi connectivity index (χ2v) is 6.07. The quantitative estimate of drug-likeness (QED) is 0.869. The molecule has 100 valence electrons. The van der Waals surface area contributed by atoms with E-state index in [2.05, 4.69) is 45.9 Å². The zero-order valence-corrected chi connectivity index (χ0v) is 11.9. The molecule has 1 aliphatic rings. The van der Waals surface area contributed by atoms with E-state index >= 15 is 0 Å². The van der Waals surface area contributed by atoms with Crippen LogP contribution < -0.4 is 10.5 Å². The zero-order valence-electron chi connectivity index (χ0n) is 11.9. The van der Waals surface area contributed by atoms with Crippen molar-refractivity contribution in [1.29, 1.82) is 0 Å². The second kappa shape index (κ2) is 5.31. The van der Waals surface area contributed by atoms with Crippen LogP contribution >= 0.6 is 0 Å². The Morgan fingerprint density at radius 2 is 1.89 bits per heavy atom. The van der Waals surface area contributed by atoms with Crippen LogP contribution in [0.1, 0.15) is 37.8 Å². The first-order valence-electron chi connectivity index (χ1n) is 6.97. The van der Waals surface area contributed by atoms with Gasteiger partial charge in [0, 0.05) is 6.04 Å². The van der Waals surface area contributed by atoms with E-state index in [0.717, 1.165) is 12.2 Å². The van der Waals surface area contributed by atoms with E-state index in [1.807, 2.05) is 0 Å². The second-order valence-electron chi connectivity index (χ2n) is 6.07. The minimum Gasteiger partial charge on any atom is -0.488 e. The van der Waals surface area contributed by atoms with Crippen molar-refractivity contribution in [2.24, 2.45) is 17.6 Å². The maximum atomic E-state index is 6.27. The number of ether oxygens (including phenoxy) is 1. The van der Waals surface area contributed by atoms with Crippen molar-refractivity contribution in [1.82, 2.24) is 0 Å². The molecule has 0 bridgehead atoms. The highest BCUT2D eigenvalue weighted by atomic mass is 16.5. The molecule has 1 saturated carbocycles. The molecule has 2 N–H and O–H groups in total. The molecule has 4 atom stereocenters. The standard InChI is InChI=1S/C16H25NO/c1-10-5-6-12(3)15(9-10)18-16-13(4)7-11(2)8-14(16)17/h5-6,9,11,13-14,16H,7-8,17H2,1-4H3. The van der Waals surface area contributed by atoms with Crippen LogP contribution in [0.15, 0.2) is 18.2 Å². The Morgan fingerprint density at radius 3 is 2.56 bits per heavy atom. The lowest BCUT2D eigenvalue weighted by Gasteiger charge is -2.38. The molecule has 1 fully saturated rings. The Morgan fingerprint density at radius 1 is 1.17 bits per heavy atom. The lowest BCUT2D eigenvalue weighted by atomic mass is 9.78. The third-order valence-electron chi connectivity index (χ3n) is 4.04. The maximum absolute atomic E-state index is 6.27. The summed E-state index contributed by atoms with van der Waals surface area (Å²) in [6.07, 6.45) is 2.44. The molecule has 0 heterocycles. The Hall–Kier alpha value is -1.02. The van der Waals surface area contributed by atoms with Gasteiger partial charge in [0.2, 0.25) is 0 Å². The Balaban J connectivity index is 2.15. The minimum absolute atomic E-state index is 0.154. The number of benzene rings is 1. The molecule has 0 aromatic heterocycles. The molecule has 0 radical (unpaired) electrons. The van der Waals surface area contributed by atoms with Gasteiger partial charge in [0.1, 0.15) is 11.9 Å². The number of aryl methyl sites for hydroxylation is 2. The van der Waals surface area contributed by atoms with Gasteiger partial charge in [-0.2, -0.15) is 0 Å². The average Bonchev–Trinajstić information content (AvgIpc) is 2.28. The molecule has 0 saturated heterocycles. The topological polar surface area (TPSA) is 35.2 Å². The molecule has 18 heavy (non-hydrogen) atoms. The first-order chi connectivity index (χ1) is 8.47. The zero-order chi connectivity index (χ0) is 13.3. The molecule has 0 aliphatic heterocycles. The molecule has 1 aromatic carbocycles. The van der Waals surface area contributed by atoms with Crippen LogP contribution in [-0.2, 0) is 0 Å². The van der Waals surface area contributed by atoms with E-state index in [-0.39, 0.29) is 12.1 Å². The van der Waals surface area contributed by atoms with Crippen molar-refractivity contribution in [2.45, 2.75) is 52.7 Å². The van der Waals surface area contributed by atoms with Crippen LogP contribution in [0.4, 0.5) is 0 Å². The van der Waals surface area contributed by atoms with Gasteiger partial charge in [-0.05, 0) is 55.7 Å². The van der Waals surface area contributed by atoms with Crippen molar-refractivity contribution < 1.29 is 4.74 Å². The highest BCUT2D eigenvalue weighted by Gasteiger charge is 2.33. The van der Waals surface area contributed by atoms with Gasteiger partial charge in [-0.1, -0.05) is 26.0 Å². The molecule has 2 nitrogen and oxygen atoms in total. The monoisotopic (exact) mass is 247 g/mol. The van der Waals surface area contributed by atoms with Gasteiger partial charge in [0.15, 0.2) is 0 Å². The van der Waals surface area contributed by atoms with Crippen molar-refractivity contribution in [2.75, 3.05) is 0 Å². The lowest BCUT2D eigenvalue weighted by Crippen LogP contribution is -2.48. The number of hydrogen-bond donors (Lipinski definition) is 1. The molecule has 2 rings (SSSR count). The fraction of sp³-hybridized carbons (Fsp3) is 0.625. The molecule has 4 unspecified atom stereocenters. The van der Waals surface area contributed by atoms with E-state index in [4.69, 9.17) is 10.5 Å². The normalized spacial score (nSPS) is 32.3. The number of rotatable bonds is 2. The summed E-state index contributed by atoms with van der Waals surface area (Å²) >= 11 is 0. The van der Waals surface area contributed by atoms with Crippen LogP contribution in [0.2, 0.25) is 0 Å². The van der Waals surface area contributed by atoms with Gasteiger partial charge < -0.3 is 10.5 Å². The van der Waals surface area contributed by atoms with Crippen LogP contribution in [0.5, 0.6) is 5.75 Å². The summed E-state index contributed by atoms with van der Waals surface area (Å²) in [7, 11) is 0. The molecule has 1 aliphatic carbocycles. The predicted molar refractivity (Wildman–Crippen MR) is 75.9 cm³/mol. The highest BCUT2D eigenvalue weighted by Crippen LogP contribution is 2.32.